The van der Waals surface area contributed by atoms with Gasteiger partial charge in [0.2, 0.25) is 5.91 Å². The van der Waals surface area contributed by atoms with Crippen molar-refractivity contribution in [3.63, 3.8) is 0 Å². The van der Waals surface area contributed by atoms with E-state index in [1.54, 1.807) is 29.2 Å². The van der Waals surface area contributed by atoms with Crippen LogP contribution in [0.1, 0.15) is 23.3 Å². The molecule has 1 N–H and O–H groups in total. The fraction of sp³-hybridized carbons (Fsp3) is 0.190. The average molecular weight is 414 g/mol. The number of amides is 2. The van der Waals surface area contributed by atoms with Gasteiger partial charge in [-0.05, 0) is 43.2 Å². The summed E-state index contributed by atoms with van der Waals surface area (Å²) in [5.41, 5.74) is 1.56. The second-order valence-corrected chi connectivity index (χ2v) is 7.50. The Balaban J connectivity index is 1.54. The van der Waals surface area contributed by atoms with Gasteiger partial charge in [0.1, 0.15) is 11.7 Å². The van der Waals surface area contributed by atoms with Crippen molar-refractivity contribution in [2.24, 2.45) is 0 Å². The van der Waals surface area contributed by atoms with Gasteiger partial charge in [0, 0.05) is 17.0 Å². The van der Waals surface area contributed by atoms with E-state index in [1.165, 1.54) is 0 Å². The number of aromatic nitrogens is 1. The molecule has 3 aromatic rings. The van der Waals surface area contributed by atoms with Crippen molar-refractivity contribution in [3.8, 4) is 0 Å². The molecule has 1 atom stereocenters. The third-order valence-electron chi connectivity index (χ3n) is 4.82. The zero-order valence-corrected chi connectivity index (χ0v) is 16.4. The summed E-state index contributed by atoms with van der Waals surface area (Å²) in [4.78, 5) is 31.8. The van der Waals surface area contributed by atoms with E-state index in [0.29, 0.717) is 34.4 Å². The fourth-order valence-electron chi connectivity index (χ4n) is 3.42. The number of fused-ring (bicyclic) bond motifs is 1. The zero-order valence-electron chi connectivity index (χ0n) is 14.9. The number of benzene rings is 2. The predicted octanol–water partition coefficient (Wildman–Crippen LogP) is 4.78. The first-order valence-corrected chi connectivity index (χ1v) is 9.71. The normalized spacial score (nSPS) is 16.4. The number of nitrogens with one attached hydrogen (secondary N) is 1. The Hall–Kier alpha value is -2.63. The van der Waals surface area contributed by atoms with E-state index in [-0.39, 0.29) is 11.8 Å². The first-order valence-electron chi connectivity index (χ1n) is 8.95. The highest BCUT2D eigenvalue weighted by Gasteiger charge is 2.35. The Labute approximate surface area is 172 Å². The van der Waals surface area contributed by atoms with Gasteiger partial charge in [-0.2, -0.15) is 0 Å². The van der Waals surface area contributed by atoms with Crippen molar-refractivity contribution in [3.05, 3.63) is 70.3 Å². The van der Waals surface area contributed by atoms with Crippen LogP contribution in [0.5, 0.6) is 0 Å². The van der Waals surface area contributed by atoms with Crippen molar-refractivity contribution in [1.29, 1.82) is 0 Å². The number of likely N-dealkylation sites (tertiary alicyclic amines) is 1. The van der Waals surface area contributed by atoms with E-state index < -0.39 is 6.04 Å². The fourth-order valence-corrected chi connectivity index (χ4v) is 3.88. The molecule has 0 bridgehead atoms. The highest BCUT2D eigenvalue weighted by molar-refractivity contribution is 6.36. The minimum atomic E-state index is -0.562. The SMILES string of the molecule is O=C(Nc1ccc(Cl)cc1Cl)[C@@H]1CCCN1C(=O)c1ccc2ccccc2n1. The number of pyridine rings is 1. The van der Waals surface area contributed by atoms with Gasteiger partial charge in [0.05, 0.1) is 16.2 Å². The monoisotopic (exact) mass is 413 g/mol. The van der Waals surface area contributed by atoms with Crippen LogP contribution in [0, 0.1) is 0 Å². The van der Waals surface area contributed by atoms with E-state index in [1.807, 2.05) is 30.3 Å². The van der Waals surface area contributed by atoms with Crippen LogP contribution in [0.2, 0.25) is 10.0 Å². The third-order valence-corrected chi connectivity index (χ3v) is 5.37. The maximum Gasteiger partial charge on any atom is 0.273 e. The van der Waals surface area contributed by atoms with E-state index in [4.69, 9.17) is 23.2 Å². The molecule has 1 aliphatic rings. The molecular weight excluding hydrogens is 397 g/mol. The van der Waals surface area contributed by atoms with E-state index >= 15 is 0 Å². The second-order valence-electron chi connectivity index (χ2n) is 6.66. The van der Waals surface area contributed by atoms with Gasteiger partial charge in [-0.25, -0.2) is 4.98 Å². The van der Waals surface area contributed by atoms with Gasteiger partial charge in [-0.3, -0.25) is 9.59 Å². The van der Waals surface area contributed by atoms with Crippen LogP contribution < -0.4 is 5.32 Å². The van der Waals surface area contributed by atoms with Crippen LogP contribution in [0.15, 0.2) is 54.6 Å². The summed E-state index contributed by atoms with van der Waals surface area (Å²) < 4.78 is 0. The number of halogens is 2. The van der Waals surface area contributed by atoms with Crippen LogP contribution in [0.25, 0.3) is 10.9 Å². The lowest BCUT2D eigenvalue weighted by molar-refractivity contribution is -0.119. The van der Waals surface area contributed by atoms with Crippen LogP contribution in [-0.2, 0) is 4.79 Å². The zero-order chi connectivity index (χ0) is 19.7. The molecule has 142 valence electrons. The highest BCUT2D eigenvalue weighted by atomic mass is 35.5. The van der Waals surface area contributed by atoms with Crippen molar-refractivity contribution in [2.45, 2.75) is 18.9 Å². The molecule has 0 aliphatic carbocycles. The second kappa shape index (κ2) is 7.78. The average Bonchev–Trinajstić information content (AvgIpc) is 3.19. The lowest BCUT2D eigenvalue weighted by Crippen LogP contribution is -2.43. The molecule has 0 radical (unpaired) electrons. The van der Waals surface area contributed by atoms with Gasteiger partial charge >= 0.3 is 0 Å². The number of hydrogen-bond donors (Lipinski definition) is 1. The molecule has 28 heavy (non-hydrogen) atoms. The van der Waals surface area contributed by atoms with E-state index in [0.717, 1.165) is 17.3 Å². The van der Waals surface area contributed by atoms with Crippen LogP contribution in [0.4, 0.5) is 5.69 Å². The Morgan fingerprint density at radius 1 is 1.07 bits per heavy atom. The number of nitrogens with zero attached hydrogens (tertiary/aromatic N) is 2. The van der Waals surface area contributed by atoms with Gasteiger partial charge < -0.3 is 10.2 Å². The summed E-state index contributed by atoms with van der Waals surface area (Å²) in [5, 5.41) is 4.61. The lowest BCUT2D eigenvalue weighted by atomic mass is 10.1. The molecule has 2 aromatic carbocycles. The summed E-state index contributed by atoms with van der Waals surface area (Å²) in [6, 6.07) is 15.5. The molecule has 2 heterocycles. The maximum absolute atomic E-state index is 13.0. The predicted molar refractivity (Wildman–Crippen MR) is 111 cm³/mol. The van der Waals surface area contributed by atoms with Crippen LogP contribution >= 0.6 is 23.2 Å². The molecule has 0 spiro atoms. The molecule has 0 unspecified atom stereocenters. The number of carbonyl (C=O) groups excluding carboxylic acids is 2. The number of rotatable bonds is 3. The Bertz CT molecular complexity index is 1070. The minimum Gasteiger partial charge on any atom is -0.325 e. The first kappa shape index (κ1) is 18.7. The number of hydrogen-bond acceptors (Lipinski definition) is 3. The highest BCUT2D eigenvalue weighted by Crippen LogP contribution is 2.27. The molecule has 1 fully saturated rings. The summed E-state index contributed by atoms with van der Waals surface area (Å²) >= 11 is 12.0. The van der Waals surface area contributed by atoms with E-state index in [2.05, 4.69) is 10.3 Å². The quantitative estimate of drug-likeness (QED) is 0.671. The van der Waals surface area contributed by atoms with E-state index in [9.17, 15) is 9.59 Å². The first-order chi connectivity index (χ1) is 13.5. The third kappa shape index (κ3) is 3.68. The number of anilines is 1. The molecule has 4 rings (SSSR count). The molecule has 1 aromatic heterocycles. The van der Waals surface area contributed by atoms with Gasteiger partial charge in [-0.15, -0.1) is 0 Å². The number of carbonyl (C=O) groups is 2. The van der Waals surface area contributed by atoms with Crippen LogP contribution in [-0.4, -0.2) is 34.3 Å². The van der Waals surface area contributed by atoms with Crippen molar-refractivity contribution in [2.75, 3.05) is 11.9 Å². The molecule has 2 amide bonds. The number of para-hydroxylation sites is 1. The molecule has 5 nitrogen and oxygen atoms in total. The molecular formula is C21H17Cl2N3O2. The molecule has 1 saturated heterocycles. The maximum atomic E-state index is 13.0. The van der Waals surface area contributed by atoms with Crippen molar-refractivity contribution < 1.29 is 9.59 Å². The van der Waals surface area contributed by atoms with Gasteiger partial charge in [-0.1, -0.05) is 47.5 Å². The summed E-state index contributed by atoms with van der Waals surface area (Å²) in [6.45, 7) is 0.514. The van der Waals surface area contributed by atoms with Crippen molar-refractivity contribution in [1.82, 2.24) is 9.88 Å². The molecule has 1 aliphatic heterocycles. The van der Waals surface area contributed by atoms with Gasteiger partial charge in [0.15, 0.2) is 0 Å². The Morgan fingerprint density at radius 2 is 1.89 bits per heavy atom. The molecule has 7 heteroatoms. The summed E-state index contributed by atoms with van der Waals surface area (Å²) in [7, 11) is 0. The summed E-state index contributed by atoms with van der Waals surface area (Å²) in [5.74, 6) is -0.513. The Morgan fingerprint density at radius 3 is 2.71 bits per heavy atom. The van der Waals surface area contributed by atoms with Crippen LogP contribution in [0.3, 0.4) is 0 Å². The van der Waals surface area contributed by atoms with Gasteiger partial charge in [0.25, 0.3) is 5.91 Å². The minimum absolute atomic E-state index is 0.245. The largest absolute Gasteiger partial charge is 0.325 e. The molecule has 0 saturated carbocycles. The van der Waals surface area contributed by atoms with Crippen molar-refractivity contribution >= 4 is 51.6 Å². The lowest BCUT2D eigenvalue weighted by Gasteiger charge is -2.24. The standard InChI is InChI=1S/C21H17Cl2N3O2/c22-14-8-10-17(15(23)12-14)25-20(27)19-6-3-11-26(19)21(28)18-9-7-13-4-1-2-5-16(13)24-18/h1-2,4-5,7-10,12,19H,3,6,11H2,(H,25,27)/t19-/m0/s1. The topological polar surface area (TPSA) is 62.3 Å². The smallest absolute Gasteiger partial charge is 0.273 e. The summed E-state index contributed by atoms with van der Waals surface area (Å²) in [6.07, 6.45) is 1.35. The Kier molecular flexibility index (Phi) is 5.20.